The Kier molecular flexibility index (Phi) is 4.90. The average Bonchev–Trinajstić information content (AvgIpc) is 2.55. The highest BCUT2D eigenvalue weighted by molar-refractivity contribution is 4.75. The van der Waals surface area contributed by atoms with E-state index in [1.807, 2.05) is 0 Å². The highest BCUT2D eigenvalue weighted by Crippen LogP contribution is 2.20. The van der Waals surface area contributed by atoms with Crippen molar-refractivity contribution in [1.29, 1.82) is 0 Å². The van der Waals surface area contributed by atoms with Crippen molar-refractivity contribution in [3.8, 4) is 0 Å². The molecule has 0 spiro atoms. The maximum absolute atomic E-state index is 5.35. The Morgan fingerprint density at radius 3 is 2.29 bits per heavy atom. The molecule has 2 nitrogen and oxygen atoms in total. The highest BCUT2D eigenvalue weighted by Gasteiger charge is 2.20. The fourth-order valence-corrected chi connectivity index (χ4v) is 2.24. The van der Waals surface area contributed by atoms with Crippen LogP contribution in [0.3, 0.4) is 0 Å². The van der Waals surface area contributed by atoms with Gasteiger partial charge in [0, 0.05) is 12.6 Å². The van der Waals surface area contributed by atoms with Gasteiger partial charge in [-0.1, -0.05) is 27.7 Å². The van der Waals surface area contributed by atoms with Crippen LogP contribution in [0.2, 0.25) is 0 Å². The summed E-state index contributed by atoms with van der Waals surface area (Å²) in [5.74, 6) is 2.32. The van der Waals surface area contributed by atoms with Crippen LogP contribution in [-0.2, 0) is 4.74 Å². The van der Waals surface area contributed by atoms with Crippen LogP contribution in [-0.4, -0.2) is 25.8 Å². The molecule has 1 heterocycles. The first-order valence-electron chi connectivity index (χ1n) is 5.92. The zero-order valence-electron chi connectivity index (χ0n) is 10.0. The second-order valence-electron chi connectivity index (χ2n) is 5.12. The Bertz CT molecular complexity index is 142. The fourth-order valence-electron chi connectivity index (χ4n) is 2.24. The van der Waals surface area contributed by atoms with Crippen molar-refractivity contribution >= 4 is 0 Å². The van der Waals surface area contributed by atoms with Crippen molar-refractivity contribution in [1.82, 2.24) is 5.32 Å². The molecule has 0 amide bonds. The number of hydrogen-bond acceptors (Lipinski definition) is 2. The summed E-state index contributed by atoms with van der Waals surface area (Å²) in [5, 5.41) is 3.62. The molecular formula is C12H25NO. The fraction of sp³-hybridized carbons (Fsp3) is 1.00. The van der Waals surface area contributed by atoms with Gasteiger partial charge in [0.1, 0.15) is 0 Å². The molecule has 1 aliphatic rings. The van der Waals surface area contributed by atoms with Crippen LogP contribution in [0.1, 0.15) is 34.1 Å². The number of hydrogen-bond donors (Lipinski definition) is 1. The molecular weight excluding hydrogens is 174 g/mol. The lowest BCUT2D eigenvalue weighted by Gasteiger charge is -2.26. The molecule has 0 aromatic carbocycles. The van der Waals surface area contributed by atoms with Crippen LogP contribution >= 0.6 is 0 Å². The molecule has 2 heteroatoms. The van der Waals surface area contributed by atoms with Gasteiger partial charge < -0.3 is 10.1 Å². The zero-order chi connectivity index (χ0) is 10.6. The lowest BCUT2D eigenvalue weighted by atomic mass is 9.85. The topological polar surface area (TPSA) is 21.3 Å². The minimum Gasteiger partial charge on any atom is -0.380 e. The Balaban J connectivity index is 2.25. The van der Waals surface area contributed by atoms with Crippen molar-refractivity contribution < 1.29 is 4.74 Å². The third-order valence-corrected chi connectivity index (χ3v) is 3.28. The van der Waals surface area contributed by atoms with Gasteiger partial charge in [-0.3, -0.25) is 0 Å². The first-order chi connectivity index (χ1) is 6.61. The molecule has 1 atom stereocenters. The van der Waals surface area contributed by atoms with Crippen LogP contribution in [0.4, 0.5) is 0 Å². The Morgan fingerprint density at radius 1 is 1.21 bits per heavy atom. The molecule has 1 rings (SSSR count). The molecule has 14 heavy (non-hydrogen) atoms. The molecule has 0 aromatic heterocycles. The molecule has 1 unspecified atom stereocenters. The second kappa shape index (κ2) is 5.72. The minimum absolute atomic E-state index is 0.606. The van der Waals surface area contributed by atoms with Crippen LogP contribution < -0.4 is 5.32 Å². The molecule has 0 bridgehead atoms. The van der Waals surface area contributed by atoms with Crippen molar-refractivity contribution in [3.63, 3.8) is 0 Å². The van der Waals surface area contributed by atoms with Gasteiger partial charge in [-0.2, -0.15) is 0 Å². The lowest BCUT2D eigenvalue weighted by molar-refractivity contribution is 0.186. The number of ether oxygens (including phenoxy) is 1. The van der Waals surface area contributed by atoms with Crippen molar-refractivity contribution in [3.05, 3.63) is 0 Å². The molecule has 1 fully saturated rings. The van der Waals surface area contributed by atoms with Crippen LogP contribution in [0.15, 0.2) is 0 Å². The lowest BCUT2D eigenvalue weighted by Crippen LogP contribution is -2.37. The number of nitrogens with one attached hydrogen (secondary N) is 1. The van der Waals surface area contributed by atoms with Gasteiger partial charge in [-0.15, -0.1) is 0 Å². The summed E-state index contributed by atoms with van der Waals surface area (Å²) >= 11 is 0. The monoisotopic (exact) mass is 199 g/mol. The van der Waals surface area contributed by atoms with E-state index in [1.165, 1.54) is 6.42 Å². The Morgan fingerprint density at radius 2 is 1.86 bits per heavy atom. The summed E-state index contributed by atoms with van der Waals surface area (Å²) < 4.78 is 5.35. The largest absolute Gasteiger partial charge is 0.380 e. The zero-order valence-corrected chi connectivity index (χ0v) is 10.0. The average molecular weight is 199 g/mol. The molecule has 0 radical (unpaired) electrons. The van der Waals surface area contributed by atoms with E-state index < -0.39 is 0 Å². The Labute approximate surface area is 88.4 Å². The predicted octanol–water partition coefficient (Wildman–Crippen LogP) is 2.29. The first-order valence-corrected chi connectivity index (χ1v) is 5.92. The second-order valence-corrected chi connectivity index (χ2v) is 5.12. The summed E-state index contributed by atoms with van der Waals surface area (Å²) in [4.78, 5) is 0. The quantitative estimate of drug-likeness (QED) is 0.733. The van der Waals surface area contributed by atoms with E-state index in [1.54, 1.807) is 0 Å². The molecule has 1 N–H and O–H groups in total. The summed E-state index contributed by atoms with van der Waals surface area (Å²) in [6.45, 7) is 12.3. The summed E-state index contributed by atoms with van der Waals surface area (Å²) in [5.41, 5.74) is 0. The SMILES string of the molecule is CC(C)C(CNC1CCOC1)C(C)C. The summed E-state index contributed by atoms with van der Waals surface area (Å²) in [6, 6.07) is 0.606. The molecule has 1 saturated heterocycles. The van der Waals surface area contributed by atoms with E-state index in [-0.39, 0.29) is 0 Å². The van der Waals surface area contributed by atoms with E-state index in [2.05, 4.69) is 33.0 Å². The smallest absolute Gasteiger partial charge is 0.0620 e. The van der Waals surface area contributed by atoms with E-state index in [4.69, 9.17) is 4.74 Å². The van der Waals surface area contributed by atoms with Crippen LogP contribution in [0.25, 0.3) is 0 Å². The molecule has 0 saturated carbocycles. The molecule has 1 aliphatic heterocycles. The van der Waals surface area contributed by atoms with Crippen LogP contribution in [0.5, 0.6) is 0 Å². The normalized spacial score (nSPS) is 22.9. The maximum atomic E-state index is 5.35. The minimum atomic E-state index is 0.606. The van der Waals surface area contributed by atoms with Crippen molar-refractivity contribution in [2.24, 2.45) is 17.8 Å². The third kappa shape index (κ3) is 3.58. The van der Waals surface area contributed by atoms with Gasteiger partial charge in [-0.25, -0.2) is 0 Å². The van der Waals surface area contributed by atoms with E-state index >= 15 is 0 Å². The highest BCUT2D eigenvalue weighted by atomic mass is 16.5. The van der Waals surface area contributed by atoms with Gasteiger partial charge in [0.2, 0.25) is 0 Å². The van der Waals surface area contributed by atoms with E-state index in [9.17, 15) is 0 Å². The molecule has 84 valence electrons. The van der Waals surface area contributed by atoms with Gasteiger partial charge >= 0.3 is 0 Å². The standard InChI is InChI=1S/C12H25NO/c1-9(2)12(10(3)4)7-13-11-5-6-14-8-11/h9-13H,5-8H2,1-4H3. The van der Waals surface area contributed by atoms with Gasteiger partial charge in [-0.05, 0) is 30.7 Å². The predicted molar refractivity (Wildman–Crippen MR) is 60.4 cm³/mol. The molecule has 0 aliphatic carbocycles. The van der Waals surface area contributed by atoms with Gasteiger partial charge in [0.05, 0.1) is 6.61 Å². The first kappa shape index (κ1) is 12.0. The molecule has 0 aromatic rings. The maximum Gasteiger partial charge on any atom is 0.0620 e. The van der Waals surface area contributed by atoms with E-state index in [0.29, 0.717) is 6.04 Å². The third-order valence-electron chi connectivity index (χ3n) is 3.28. The Hall–Kier alpha value is -0.0800. The van der Waals surface area contributed by atoms with Gasteiger partial charge in [0.15, 0.2) is 0 Å². The summed E-state index contributed by atoms with van der Waals surface area (Å²) in [7, 11) is 0. The summed E-state index contributed by atoms with van der Waals surface area (Å²) in [6.07, 6.45) is 1.18. The van der Waals surface area contributed by atoms with Crippen molar-refractivity contribution in [2.75, 3.05) is 19.8 Å². The van der Waals surface area contributed by atoms with Crippen LogP contribution in [0, 0.1) is 17.8 Å². The van der Waals surface area contributed by atoms with Crippen molar-refractivity contribution in [2.45, 2.75) is 40.2 Å². The number of rotatable bonds is 5. The van der Waals surface area contributed by atoms with E-state index in [0.717, 1.165) is 37.5 Å². The van der Waals surface area contributed by atoms with Gasteiger partial charge in [0.25, 0.3) is 0 Å².